The van der Waals surface area contributed by atoms with E-state index in [4.69, 9.17) is 16.0 Å². The van der Waals surface area contributed by atoms with Gasteiger partial charge in [0, 0.05) is 16.0 Å². The van der Waals surface area contributed by atoms with Crippen LogP contribution in [0.15, 0.2) is 46.4 Å². The van der Waals surface area contributed by atoms with Crippen molar-refractivity contribution >= 4 is 39.9 Å². The van der Waals surface area contributed by atoms with E-state index in [2.05, 4.69) is 15.6 Å². The molecule has 0 fully saturated rings. The number of aryl methyl sites for hydroxylation is 1. The van der Waals surface area contributed by atoms with Crippen LogP contribution in [-0.4, -0.2) is 23.3 Å². The molecule has 1 aromatic carbocycles. The Morgan fingerprint density at radius 2 is 2.00 bits per heavy atom. The van der Waals surface area contributed by atoms with Gasteiger partial charge in [0.15, 0.2) is 5.13 Å². The maximum absolute atomic E-state index is 12.0. The zero-order valence-corrected chi connectivity index (χ0v) is 14.8. The van der Waals surface area contributed by atoms with E-state index < -0.39 is 0 Å². The second kappa shape index (κ2) is 7.50. The fourth-order valence-electron chi connectivity index (χ4n) is 2.12. The summed E-state index contributed by atoms with van der Waals surface area (Å²) in [7, 11) is 0. The van der Waals surface area contributed by atoms with Gasteiger partial charge in [-0.15, -0.1) is 11.3 Å². The summed E-state index contributed by atoms with van der Waals surface area (Å²) in [4.78, 5) is 28.2. The topological polar surface area (TPSA) is 84.2 Å². The Morgan fingerprint density at radius 3 is 2.68 bits per heavy atom. The first-order valence-electron chi connectivity index (χ1n) is 7.36. The second-order valence-electron chi connectivity index (χ2n) is 5.17. The Balaban J connectivity index is 1.56. The smallest absolute Gasteiger partial charge is 0.255 e. The van der Waals surface area contributed by atoms with Gasteiger partial charge in [-0.25, -0.2) is 4.98 Å². The average Bonchev–Trinajstić information content (AvgIpc) is 3.22. The Kier molecular flexibility index (Phi) is 5.16. The molecule has 3 rings (SSSR count). The number of halogens is 1. The summed E-state index contributed by atoms with van der Waals surface area (Å²) in [6.07, 6.45) is 1.43. The number of thiazole rings is 1. The van der Waals surface area contributed by atoms with Crippen molar-refractivity contribution < 1.29 is 14.0 Å². The van der Waals surface area contributed by atoms with Crippen LogP contribution in [0.5, 0.6) is 0 Å². The predicted molar refractivity (Wildman–Crippen MR) is 97.0 cm³/mol. The van der Waals surface area contributed by atoms with Gasteiger partial charge >= 0.3 is 0 Å². The standard InChI is InChI=1S/C17H14ClN3O3S/c1-10-13(6-7-24-10)16(23)19-8-15(22)21-17-20-14(9-25-17)11-2-4-12(18)5-3-11/h2-7,9H,8H2,1H3,(H,19,23)(H,20,21,22). The molecule has 6 nitrogen and oxygen atoms in total. The molecule has 0 atom stereocenters. The molecule has 0 radical (unpaired) electrons. The fourth-order valence-corrected chi connectivity index (χ4v) is 2.99. The van der Waals surface area contributed by atoms with Crippen LogP contribution in [0.4, 0.5) is 5.13 Å². The molecule has 0 aliphatic carbocycles. The molecule has 8 heteroatoms. The van der Waals surface area contributed by atoms with Gasteiger partial charge in [-0.05, 0) is 25.1 Å². The fraction of sp³-hybridized carbons (Fsp3) is 0.118. The lowest BCUT2D eigenvalue weighted by Gasteiger charge is -2.04. The van der Waals surface area contributed by atoms with Crippen molar-refractivity contribution in [2.24, 2.45) is 0 Å². The Labute approximate surface area is 152 Å². The van der Waals surface area contributed by atoms with Crippen LogP contribution in [0.25, 0.3) is 11.3 Å². The van der Waals surface area contributed by atoms with E-state index in [0.29, 0.717) is 21.5 Å². The quantitative estimate of drug-likeness (QED) is 0.711. The number of amides is 2. The number of nitrogens with one attached hydrogen (secondary N) is 2. The van der Waals surface area contributed by atoms with Crippen molar-refractivity contribution in [3.8, 4) is 11.3 Å². The van der Waals surface area contributed by atoms with Crippen molar-refractivity contribution in [1.82, 2.24) is 10.3 Å². The Morgan fingerprint density at radius 1 is 1.24 bits per heavy atom. The molecular formula is C17H14ClN3O3S. The lowest BCUT2D eigenvalue weighted by atomic mass is 10.2. The van der Waals surface area contributed by atoms with E-state index in [1.807, 2.05) is 17.5 Å². The highest BCUT2D eigenvalue weighted by molar-refractivity contribution is 7.14. The van der Waals surface area contributed by atoms with E-state index in [-0.39, 0.29) is 18.4 Å². The number of rotatable bonds is 5. The number of aromatic nitrogens is 1. The minimum Gasteiger partial charge on any atom is -0.469 e. The van der Waals surface area contributed by atoms with Crippen molar-refractivity contribution in [3.63, 3.8) is 0 Å². The summed E-state index contributed by atoms with van der Waals surface area (Å²) in [5.41, 5.74) is 2.06. The van der Waals surface area contributed by atoms with Crippen LogP contribution in [0.3, 0.4) is 0 Å². The van der Waals surface area contributed by atoms with Crippen LogP contribution < -0.4 is 10.6 Å². The molecule has 0 spiro atoms. The van der Waals surface area contributed by atoms with Gasteiger partial charge in [0.25, 0.3) is 5.91 Å². The summed E-state index contributed by atoms with van der Waals surface area (Å²) in [6.45, 7) is 1.53. The monoisotopic (exact) mass is 375 g/mol. The highest BCUT2D eigenvalue weighted by Gasteiger charge is 2.13. The summed E-state index contributed by atoms with van der Waals surface area (Å²) in [5, 5.41) is 8.16. The number of carbonyl (C=O) groups excluding carboxylic acids is 2. The number of hydrogen-bond donors (Lipinski definition) is 2. The van der Waals surface area contributed by atoms with Crippen LogP contribution in [0.1, 0.15) is 16.1 Å². The molecule has 2 N–H and O–H groups in total. The molecule has 2 heterocycles. The van der Waals surface area contributed by atoms with Gasteiger partial charge in [0.1, 0.15) is 5.76 Å². The Bertz CT molecular complexity index is 902. The first kappa shape index (κ1) is 17.2. The minimum atomic E-state index is -0.359. The normalized spacial score (nSPS) is 10.5. The summed E-state index contributed by atoms with van der Waals surface area (Å²) in [6, 6.07) is 8.83. The third-order valence-electron chi connectivity index (χ3n) is 3.40. The largest absolute Gasteiger partial charge is 0.469 e. The van der Waals surface area contributed by atoms with Gasteiger partial charge in [0.2, 0.25) is 5.91 Å². The number of nitrogens with zero attached hydrogens (tertiary/aromatic N) is 1. The van der Waals surface area contributed by atoms with E-state index in [9.17, 15) is 9.59 Å². The number of furan rings is 1. The molecule has 0 aliphatic rings. The maximum Gasteiger partial charge on any atom is 0.255 e. The van der Waals surface area contributed by atoms with Crippen molar-refractivity contribution in [2.45, 2.75) is 6.92 Å². The lowest BCUT2D eigenvalue weighted by Crippen LogP contribution is -2.32. The SMILES string of the molecule is Cc1occc1C(=O)NCC(=O)Nc1nc(-c2ccc(Cl)cc2)cs1. The lowest BCUT2D eigenvalue weighted by molar-refractivity contribution is -0.115. The highest BCUT2D eigenvalue weighted by atomic mass is 35.5. The third-order valence-corrected chi connectivity index (χ3v) is 4.41. The zero-order chi connectivity index (χ0) is 17.8. The first-order chi connectivity index (χ1) is 12.0. The van der Waals surface area contributed by atoms with Crippen molar-refractivity contribution in [1.29, 1.82) is 0 Å². The molecule has 128 valence electrons. The van der Waals surface area contributed by atoms with Crippen molar-refractivity contribution in [3.05, 3.63) is 58.3 Å². The van der Waals surface area contributed by atoms with Crippen LogP contribution >= 0.6 is 22.9 Å². The minimum absolute atomic E-state index is 0.153. The van der Waals surface area contributed by atoms with Crippen molar-refractivity contribution in [2.75, 3.05) is 11.9 Å². The number of carbonyl (C=O) groups is 2. The number of anilines is 1. The number of benzene rings is 1. The molecule has 0 unspecified atom stereocenters. The first-order valence-corrected chi connectivity index (χ1v) is 8.62. The van der Waals surface area contributed by atoms with E-state index in [0.717, 1.165) is 11.3 Å². The molecule has 0 saturated heterocycles. The second-order valence-corrected chi connectivity index (χ2v) is 6.46. The molecule has 0 aliphatic heterocycles. The Hall–Kier alpha value is -2.64. The molecule has 2 amide bonds. The molecule has 3 aromatic rings. The zero-order valence-electron chi connectivity index (χ0n) is 13.2. The third kappa shape index (κ3) is 4.26. The predicted octanol–water partition coefficient (Wildman–Crippen LogP) is 3.73. The van der Waals surface area contributed by atoms with E-state index in [1.54, 1.807) is 25.1 Å². The molecule has 25 heavy (non-hydrogen) atoms. The van der Waals surface area contributed by atoms with Crippen LogP contribution in [0.2, 0.25) is 5.02 Å². The number of hydrogen-bond acceptors (Lipinski definition) is 5. The van der Waals surface area contributed by atoms with E-state index in [1.165, 1.54) is 17.6 Å². The van der Waals surface area contributed by atoms with Gasteiger partial charge in [-0.3, -0.25) is 9.59 Å². The van der Waals surface area contributed by atoms with Gasteiger partial charge in [-0.2, -0.15) is 0 Å². The van der Waals surface area contributed by atoms with Gasteiger partial charge in [-0.1, -0.05) is 23.7 Å². The summed E-state index contributed by atoms with van der Waals surface area (Å²) in [5.74, 6) is -0.209. The van der Waals surface area contributed by atoms with Crippen LogP contribution in [-0.2, 0) is 4.79 Å². The van der Waals surface area contributed by atoms with E-state index >= 15 is 0 Å². The molecular weight excluding hydrogens is 362 g/mol. The van der Waals surface area contributed by atoms with Crippen LogP contribution in [0, 0.1) is 6.92 Å². The molecule has 0 bridgehead atoms. The summed E-state index contributed by atoms with van der Waals surface area (Å²) >= 11 is 7.17. The molecule has 0 saturated carbocycles. The summed E-state index contributed by atoms with van der Waals surface area (Å²) < 4.78 is 5.06. The molecule has 2 aromatic heterocycles. The van der Waals surface area contributed by atoms with Gasteiger partial charge < -0.3 is 15.1 Å². The average molecular weight is 376 g/mol. The highest BCUT2D eigenvalue weighted by Crippen LogP contribution is 2.25. The maximum atomic E-state index is 12.0. The van der Waals surface area contributed by atoms with Gasteiger partial charge in [0.05, 0.1) is 24.1 Å².